The molecule has 0 radical (unpaired) electrons. The van der Waals surface area contributed by atoms with Gasteiger partial charge in [0, 0.05) is 6.54 Å². The van der Waals surface area contributed by atoms with Gasteiger partial charge in [0.15, 0.2) is 0 Å². The van der Waals surface area contributed by atoms with Gasteiger partial charge in [0.05, 0.1) is 12.2 Å². The van der Waals surface area contributed by atoms with Gasteiger partial charge in [-0.1, -0.05) is 33.6 Å². The number of amides is 1. The summed E-state index contributed by atoms with van der Waals surface area (Å²) in [6.45, 7) is 9.40. The van der Waals surface area contributed by atoms with Gasteiger partial charge in [0.25, 0.3) is 0 Å². The first-order chi connectivity index (χ1) is 7.13. The van der Waals surface area contributed by atoms with E-state index in [1.54, 1.807) is 0 Å². The maximum atomic E-state index is 11.9. The summed E-state index contributed by atoms with van der Waals surface area (Å²) in [5.41, 5.74) is 0. The van der Waals surface area contributed by atoms with E-state index in [1.807, 2.05) is 11.8 Å². The van der Waals surface area contributed by atoms with Gasteiger partial charge < -0.3 is 4.90 Å². The average Bonchev–Trinajstić information content (AvgIpc) is 2.52. The second-order valence-electron chi connectivity index (χ2n) is 4.49. The number of carbonyl (C=O) groups is 1. The van der Waals surface area contributed by atoms with Crippen molar-refractivity contribution in [3.05, 3.63) is 0 Å². The largest absolute Gasteiger partial charge is 0.326 e. The van der Waals surface area contributed by atoms with Crippen LogP contribution in [0.5, 0.6) is 0 Å². The van der Waals surface area contributed by atoms with Crippen LogP contribution in [0.25, 0.3) is 0 Å². The van der Waals surface area contributed by atoms with Gasteiger partial charge in [-0.15, -0.1) is 0 Å². The molecule has 0 aromatic heterocycles. The maximum Gasteiger partial charge on any atom is 0.240 e. The average molecular weight is 212 g/mol. The number of rotatable bonds is 5. The molecule has 2 atom stereocenters. The van der Waals surface area contributed by atoms with Crippen molar-refractivity contribution in [2.75, 3.05) is 6.54 Å². The monoisotopic (exact) mass is 212 g/mol. The lowest BCUT2D eigenvalue weighted by atomic mass is 10.0. The Labute approximate surface area is 93.2 Å². The van der Waals surface area contributed by atoms with Crippen LogP contribution in [0.4, 0.5) is 0 Å². The maximum absolute atomic E-state index is 11.9. The van der Waals surface area contributed by atoms with Crippen molar-refractivity contribution in [3.8, 4) is 0 Å². The molecule has 0 aliphatic carbocycles. The minimum Gasteiger partial charge on any atom is -0.326 e. The lowest BCUT2D eigenvalue weighted by Crippen LogP contribution is -2.39. The van der Waals surface area contributed by atoms with Crippen LogP contribution in [-0.2, 0) is 4.79 Å². The number of hydrogen-bond donors (Lipinski definition) is 1. The smallest absolute Gasteiger partial charge is 0.240 e. The molecule has 0 spiro atoms. The van der Waals surface area contributed by atoms with E-state index in [1.165, 1.54) is 0 Å². The Kier molecular flexibility index (Phi) is 4.58. The summed E-state index contributed by atoms with van der Waals surface area (Å²) in [5, 5.41) is 3.33. The molecule has 0 aromatic carbocycles. The Bertz CT molecular complexity index is 214. The molecule has 88 valence electrons. The van der Waals surface area contributed by atoms with Crippen LogP contribution < -0.4 is 5.32 Å². The molecule has 15 heavy (non-hydrogen) atoms. The molecular formula is C12H24N2O. The third-order valence-electron chi connectivity index (χ3n) is 3.47. The molecule has 1 heterocycles. The van der Waals surface area contributed by atoms with Gasteiger partial charge in [-0.05, 0) is 19.3 Å². The van der Waals surface area contributed by atoms with Crippen molar-refractivity contribution in [3.63, 3.8) is 0 Å². The van der Waals surface area contributed by atoms with Crippen molar-refractivity contribution in [1.29, 1.82) is 0 Å². The van der Waals surface area contributed by atoms with E-state index in [0.29, 0.717) is 5.92 Å². The number of nitrogens with zero attached hydrogens (tertiary/aromatic N) is 1. The molecule has 1 N–H and O–H groups in total. The van der Waals surface area contributed by atoms with Crippen molar-refractivity contribution >= 4 is 5.91 Å². The van der Waals surface area contributed by atoms with E-state index < -0.39 is 0 Å². The van der Waals surface area contributed by atoms with Crippen LogP contribution in [0.2, 0.25) is 0 Å². The van der Waals surface area contributed by atoms with Crippen LogP contribution in [0.1, 0.15) is 47.0 Å². The molecule has 2 unspecified atom stereocenters. The molecular weight excluding hydrogens is 188 g/mol. The standard InChI is InChI=1S/C12H24N2O/c1-5-10(6-2)8-14-11(7-3)13-9(4)12(14)15/h9-11,13H,5-8H2,1-4H3. The summed E-state index contributed by atoms with van der Waals surface area (Å²) < 4.78 is 0. The van der Waals surface area contributed by atoms with Crippen LogP contribution in [0, 0.1) is 5.92 Å². The number of hydrogen-bond acceptors (Lipinski definition) is 2. The molecule has 1 aliphatic rings. The highest BCUT2D eigenvalue weighted by molar-refractivity contribution is 5.83. The van der Waals surface area contributed by atoms with E-state index in [-0.39, 0.29) is 18.1 Å². The molecule has 1 saturated heterocycles. The fourth-order valence-corrected chi connectivity index (χ4v) is 2.23. The summed E-state index contributed by atoms with van der Waals surface area (Å²) in [5.74, 6) is 0.920. The Balaban J connectivity index is 2.61. The summed E-state index contributed by atoms with van der Waals surface area (Å²) in [7, 11) is 0. The summed E-state index contributed by atoms with van der Waals surface area (Å²) in [6.07, 6.45) is 3.57. The van der Waals surface area contributed by atoms with Crippen LogP contribution >= 0.6 is 0 Å². The lowest BCUT2D eigenvalue weighted by Gasteiger charge is -2.27. The van der Waals surface area contributed by atoms with E-state index in [9.17, 15) is 4.79 Å². The van der Waals surface area contributed by atoms with Gasteiger partial charge in [-0.2, -0.15) is 0 Å². The first kappa shape index (κ1) is 12.5. The van der Waals surface area contributed by atoms with Gasteiger partial charge in [0.1, 0.15) is 0 Å². The van der Waals surface area contributed by atoms with Gasteiger partial charge in [-0.25, -0.2) is 0 Å². The molecule has 1 aliphatic heterocycles. The van der Waals surface area contributed by atoms with E-state index in [2.05, 4.69) is 26.1 Å². The third kappa shape index (κ3) is 2.71. The highest BCUT2D eigenvalue weighted by Gasteiger charge is 2.35. The fourth-order valence-electron chi connectivity index (χ4n) is 2.23. The molecule has 0 aromatic rings. The Hall–Kier alpha value is -0.570. The Morgan fingerprint density at radius 1 is 1.33 bits per heavy atom. The Morgan fingerprint density at radius 2 is 1.93 bits per heavy atom. The zero-order valence-corrected chi connectivity index (χ0v) is 10.4. The number of carbonyl (C=O) groups excluding carboxylic acids is 1. The van der Waals surface area contributed by atoms with E-state index in [4.69, 9.17) is 0 Å². The third-order valence-corrected chi connectivity index (χ3v) is 3.47. The highest BCUT2D eigenvalue weighted by atomic mass is 16.2. The molecule has 3 heteroatoms. The minimum absolute atomic E-state index is 0.00399. The van der Waals surface area contributed by atoms with Crippen LogP contribution in [0.15, 0.2) is 0 Å². The summed E-state index contributed by atoms with van der Waals surface area (Å²) in [6, 6.07) is 0.00399. The van der Waals surface area contributed by atoms with Crippen molar-refractivity contribution in [2.24, 2.45) is 5.92 Å². The topological polar surface area (TPSA) is 32.3 Å². The van der Waals surface area contributed by atoms with Crippen LogP contribution in [0.3, 0.4) is 0 Å². The quantitative estimate of drug-likeness (QED) is 0.755. The predicted octanol–water partition coefficient (Wildman–Crippen LogP) is 1.98. The fraction of sp³-hybridized carbons (Fsp3) is 0.917. The summed E-state index contributed by atoms with van der Waals surface area (Å²) >= 11 is 0. The zero-order chi connectivity index (χ0) is 11.4. The molecule has 3 nitrogen and oxygen atoms in total. The zero-order valence-electron chi connectivity index (χ0n) is 10.4. The van der Waals surface area contributed by atoms with Crippen molar-refractivity contribution < 1.29 is 4.79 Å². The van der Waals surface area contributed by atoms with Crippen LogP contribution in [-0.4, -0.2) is 29.6 Å². The molecule has 1 rings (SSSR count). The first-order valence-corrected chi connectivity index (χ1v) is 6.20. The second kappa shape index (κ2) is 5.50. The van der Waals surface area contributed by atoms with Crippen molar-refractivity contribution in [1.82, 2.24) is 10.2 Å². The Morgan fingerprint density at radius 3 is 2.40 bits per heavy atom. The lowest BCUT2D eigenvalue weighted by molar-refractivity contribution is -0.130. The van der Waals surface area contributed by atoms with Crippen molar-refractivity contribution in [2.45, 2.75) is 59.2 Å². The van der Waals surface area contributed by atoms with Gasteiger partial charge >= 0.3 is 0 Å². The first-order valence-electron chi connectivity index (χ1n) is 6.20. The van der Waals surface area contributed by atoms with Gasteiger partial charge in [-0.3, -0.25) is 10.1 Å². The SMILES string of the molecule is CCC(CC)CN1C(=O)C(C)NC1CC. The minimum atomic E-state index is 0.00399. The molecule has 0 bridgehead atoms. The van der Waals surface area contributed by atoms with E-state index >= 15 is 0 Å². The predicted molar refractivity (Wildman–Crippen MR) is 62.5 cm³/mol. The molecule has 1 amide bonds. The van der Waals surface area contributed by atoms with Gasteiger partial charge in [0.2, 0.25) is 5.91 Å². The van der Waals surface area contributed by atoms with E-state index in [0.717, 1.165) is 25.8 Å². The highest BCUT2D eigenvalue weighted by Crippen LogP contribution is 2.18. The number of nitrogens with one attached hydrogen (secondary N) is 1. The molecule has 0 saturated carbocycles. The molecule has 1 fully saturated rings. The second-order valence-corrected chi connectivity index (χ2v) is 4.49. The normalized spacial score (nSPS) is 26.7. The summed E-state index contributed by atoms with van der Waals surface area (Å²) in [4.78, 5) is 13.9.